The van der Waals surface area contributed by atoms with E-state index in [0.29, 0.717) is 28.8 Å². The summed E-state index contributed by atoms with van der Waals surface area (Å²) in [7, 11) is -4.10. The van der Waals surface area contributed by atoms with Gasteiger partial charge in [-0.05, 0) is 93.5 Å². The lowest BCUT2D eigenvalue weighted by Gasteiger charge is -2.57. The van der Waals surface area contributed by atoms with Gasteiger partial charge in [0.15, 0.2) is 6.10 Å². The van der Waals surface area contributed by atoms with E-state index in [-0.39, 0.29) is 27.6 Å². The number of amides is 1. The highest BCUT2D eigenvalue weighted by molar-refractivity contribution is 7.92. The van der Waals surface area contributed by atoms with Gasteiger partial charge >= 0.3 is 11.7 Å². The number of aromatic amines is 2. The monoisotopic (exact) mass is 538 g/mol. The molecule has 2 aromatic carbocycles. The summed E-state index contributed by atoms with van der Waals surface area (Å²) in [5, 5.41) is 3.22. The van der Waals surface area contributed by atoms with Gasteiger partial charge in [-0.2, -0.15) is 0 Å². The molecule has 38 heavy (non-hydrogen) atoms. The van der Waals surface area contributed by atoms with Crippen LogP contribution in [0.2, 0.25) is 0 Å². The van der Waals surface area contributed by atoms with Gasteiger partial charge in [0.25, 0.3) is 15.9 Å². The van der Waals surface area contributed by atoms with Crippen LogP contribution in [0.25, 0.3) is 11.0 Å². The molecule has 200 valence electrons. The predicted octanol–water partition coefficient (Wildman–Crippen LogP) is 3.29. The Morgan fingerprint density at radius 1 is 0.974 bits per heavy atom. The number of rotatable bonds is 7. The fraction of sp³-hybridized carbons (Fsp3) is 0.444. The van der Waals surface area contributed by atoms with Crippen molar-refractivity contribution in [1.29, 1.82) is 0 Å². The number of para-hydroxylation sites is 1. The van der Waals surface area contributed by atoms with Gasteiger partial charge in [0.1, 0.15) is 0 Å². The first-order valence-electron chi connectivity index (χ1n) is 13.0. The Balaban J connectivity index is 1.15. The van der Waals surface area contributed by atoms with Crippen molar-refractivity contribution in [2.24, 2.45) is 17.8 Å². The highest BCUT2D eigenvalue weighted by Gasteiger charge is 2.51. The molecule has 0 radical (unpaired) electrons. The maximum atomic E-state index is 13.1. The fourth-order valence-electron chi connectivity index (χ4n) is 7.04. The van der Waals surface area contributed by atoms with Gasteiger partial charge in [0, 0.05) is 5.54 Å². The predicted molar refractivity (Wildman–Crippen MR) is 140 cm³/mol. The van der Waals surface area contributed by atoms with E-state index in [1.807, 2.05) is 0 Å². The van der Waals surface area contributed by atoms with E-state index in [4.69, 9.17) is 4.74 Å². The molecule has 4 aliphatic rings. The zero-order valence-electron chi connectivity index (χ0n) is 21.0. The Kier molecular flexibility index (Phi) is 5.86. The minimum atomic E-state index is -4.10. The van der Waals surface area contributed by atoms with E-state index in [1.54, 1.807) is 12.1 Å². The minimum absolute atomic E-state index is 0.0124. The Hall–Kier alpha value is -3.60. The molecule has 4 saturated carbocycles. The standard InChI is InChI=1S/C27H30N4O6S/c1-15(24(32)30-27-12-16-8-17(13-27)10-18(9-16)14-27)37-25(33)20-4-2-3-5-21(20)31-38(35,36)19-6-7-22-23(11-19)29-26(34)28-22/h2-7,11,15-18,31H,8-10,12-14H2,1H3,(H,30,32)(H2,28,29,34). The maximum absolute atomic E-state index is 13.1. The van der Waals surface area contributed by atoms with Crippen LogP contribution in [0.15, 0.2) is 52.2 Å². The lowest BCUT2D eigenvalue weighted by atomic mass is 9.53. The van der Waals surface area contributed by atoms with Crippen molar-refractivity contribution in [2.75, 3.05) is 4.72 Å². The molecule has 0 aliphatic heterocycles. The Morgan fingerprint density at radius 2 is 1.61 bits per heavy atom. The summed E-state index contributed by atoms with van der Waals surface area (Å²) in [6.45, 7) is 1.54. The highest BCUT2D eigenvalue weighted by atomic mass is 32.2. The molecule has 4 aliphatic carbocycles. The molecular weight excluding hydrogens is 508 g/mol. The molecule has 4 N–H and O–H groups in total. The lowest BCUT2D eigenvalue weighted by Crippen LogP contribution is -2.61. The number of aromatic nitrogens is 2. The molecule has 0 saturated heterocycles. The van der Waals surface area contributed by atoms with Crippen LogP contribution in [0.1, 0.15) is 55.8 Å². The Morgan fingerprint density at radius 3 is 2.29 bits per heavy atom. The van der Waals surface area contributed by atoms with Crippen LogP contribution in [-0.2, 0) is 19.6 Å². The molecule has 1 aromatic heterocycles. The summed E-state index contributed by atoms with van der Waals surface area (Å²) in [6, 6.07) is 10.2. The van der Waals surface area contributed by atoms with Gasteiger partial charge < -0.3 is 20.0 Å². The summed E-state index contributed by atoms with van der Waals surface area (Å²) in [4.78, 5) is 42.7. The number of benzene rings is 2. The number of carbonyl (C=O) groups is 2. The number of esters is 1. The van der Waals surface area contributed by atoms with E-state index in [2.05, 4.69) is 20.0 Å². The lowest BCUT2D eigenvalue weighted by molar-refractivity contribution is -0.134. The third-order valence-electron chi connectivity index (χ3n) is 8.27. The van der Waals surface area contributed by atoms with Crippen LogP contribution in [0.4, 0.5) is 5.69 Å². The minimum Gasteiger partial charge on any atom is -0.449 e. The van der Waals surface area contributed by atoms with Gasteiger partial charge in [0.2, 0.25) is 0 Å². The van der Waals surface area contributed by atoms with Gasteiger partial charge in [0.05, 0.1) is 27.2 Å². The molecule has 11 heteroatoms. The largest absolute Gasteiger partial charge is 0.449 e. The molecule has 4 fully saturated rings. The molecule has 1 amide bonds. The molecule has 1 unspecified atom stereocenters. The zero-order valence-corrected chi connectivity index (χ0v) is 21.8. The normalized spacial score (nSPS) is 26.7. The summed E-state index contributed by atoms with van der Waals surface area (Å²) < 4.78 is 34.1. The number of anilines is 1. The van der Waals surface area contributed by atoms with Crippen LogP contribution in [0.3, 0.4) is 0 Å². The number of hydrogen-bond donors (Lipinski definition) is 4. The molecular formula is C27H30N4O6S. The number of carbonyl (C=O) groups excluding carboxylic acids is 2. The average Bonchev–Trinajstić information content (AvgIpc) is 3.22. The first kappa shape index (κ1) is 24.7. The molecule has 10 nitrogen and oxygen atoms in total. The fourth-order valence-corrected chi connectivity index (χ4v) is 8.14. The van der Waals surface area contributed by atoms with Crippen molar-refractivity contribution in [2.45, 2.75) is 62.0 Å². The van der Waals surface area contributed by atoms with Crippen molar-refractivity contribution < 1.29 is 22.7 Å². The van der Waals surface area contributed by atoms with Crippen LogP contribution in [-0.4, -0.2) is 41.9 Å². The molecule has 7 rings (SSSR count). The Bertz CT molecular complexity index is 1550. The average molecular weight is 539 g/mol. The number of fused-ring (bicyclic) bond motifs is 1. The van der Waals surface area contributed by atoms with Crippen molar-refractivity contribution in [3.63, 3.8) is 0 Å². The summed E-state index contributed by atoms with van der Waals surface area (Å²) >= 11 is 0. The van der Waals surface area contributed by atoms with Gasteiger partial charge in [-0.25, -0.2) is 18.0 Å². The molecule has 4 bridgehead atoms. The van der Waals surface area contributed by atoms with Gasteiger partial charge in [-0.3, -0.25) is 9.52 Å². The second-order valence-corrected chi connectivity index (χ2v) is 12.9. The van der Waals surface area contributed by atoms with Gasteiger partial charge in [-0.15, -0.1) is 0 Å². The molecule has 0 spiro atoms. The number of sulfonamides is 1. The smallest absolute Gasteiger partial charge is 0.341 e. The molecule has 3 aromatic rings. The number of hydrogen-bond acceptors (Lipinski definition) is 6. The van der Waals surface area contributed by atoms with E-state index in [0.717, 1.165) is 19.3 Å². The van der Waals surface area contributed by atoms with Crippen LogP contribution >= 0.6 is 0 Å². The van der Waals surface area contributed by atoms with Crippen LogP contribution in [0.5, 0.6) is 0 Å². The number of ether oxygens (including phenoxy) is 1. The van der Waals surface area contributed by atoms with Crippen molar-refractivity contribution >= 4 is 38.6 Å². The third kappa shape index (κ3) is 4.59. The van der Waals surface area contributed by atoms with Crippen LogP contribution in [0, 0.1) is 17.8 Å². The van der Waals surface area contributed by atoms with E-state index in [9.17, 15) is 22.8 Å². The second kappa shape index (κ2) is 9.00. The van der Waals surface area contributed by atoms with E-state index >= 15 is 0 Å². The third-order valence-corrected chi connectivity index (χ3v) is 9.63. The van der Waals surface area contributed by atoms with Gasteiger partial charge in [-0.1, -0.05) is 12.1 Å². The Labute approximate surface area is 219 Å². The zero-order chi connectivity index (χ0) is 26.7. The molecule has 1 atom stereocenters. The highest BCUT2D eigenvalue weighted by Crippen LogP contribution is 2.55. The number of H-pyrrole nitrogens is 2. The topological polar surface area (TPSA) is 150 Å². The summed E-state index contributed by atoms with van der Waals surface area (Å²) in [5.41, 5.74) is 0.167. The second-order valence-electron chi connectivity index (χ2n) is 11.2. The maximum Gasteiger partial charge on any atom is 0.341 e. The van der Waals surface area contributed by atoms with Crippen molar-refractivity contribution in [3.8, 4) is 0 Å². The number of imidazole rings is 1. The first-order valence-corrected chi connectivity index (χ1v) is 14.4. The van der Waals surface area contributed by atoms with Crippen molar-refractivity contribution in [1.82, 2.24) is 15.3 Å². The van der Waals surface area contributed by atoms with E-state index < -0.39 is 27.8 Å². The van der Waals surface area contributed by atoms with Crippen LogP contribution < -0.4 is 15.7 Å². The van der Waals surface area contributed by atoms with Crippen molar-refractivity contribution in [3.05, 3.63) is 58.5 Å². The quantitative estimate of drug-likeness (QED) is 0.339. The molecule has 1 heterocycles. The number of nitrogens with one attached hydrogen (secondary N) is 4. The SMILES string of the molecule is CC(OC(=O)c1ccccc1NS(=O)(=O)c1ccc2[nH]c(=O)[nH]c2c1)C(=O)NC12CC3CC(CC(C3)C1)C2. The summed E-state index contributed by atoms with van der Waals surface area (Å²) in [5.74, 6) is 0.863. The summed E-state index contributed by atoms with van der Waals surface area (Å²) in [6.07, 6.45) is 5.68. The van der Waals surface area contributed by atoms with E-state index in [1.165, 1.54) is 56.5 Å². The first-order chi connectivity index (χ1) is 18.1.